The number of methoxy groups -OCH3 is 2. The second-order valence-electron chi connectivity index (χ2n) is 5.34. The summed E-state index contributed by atoms with van der Waals surface area (Å²) in [5.74, 6) is -0.125. The number of carbonyl (C=O) groups is 1. The first kappa shape index (κ1) is 20.4. The maximum Gasteiger partial charge on any atom is 1.00 e. The van der Waals surface area contributed by atoms with Crippen LogP contribution in [0.3, 0.4) is 0 Å². The zero-order valence-electron chi connectivity index (χ0n) is 14.6. The molecule has 7 heteroatoms. The molecule has 0 fully saturated rings. The Morgan fingerprint density at radius 2 is 1.62 bits per heavy atom. The van der Waals surface area contributed by atoms with Gasteiger partial charge in [-0.05, 0) is 16.8 Å². The molecule has 0 aliphatic rings. The van der Waals surface area contributed by atoms with Crippen molar-refractivity contribution in [2.45, 2.75) is 0 Å². The average molecular weight is 380 g/mol. The zero-order chi connectivity index (χ0) is 18.0. The number of hydrogen-bond acceptors (Lipinski definition) is 4. The van der Waals surface area contributed by atoms with E-state index in [2.05, 4.69) is 5.32 Å². The number of anilines is 1. The summed E-state index contributed by atoms with van der Waals surface area (Å²) in [6, 6.07) is 13.5. The molecule has 0 unspecified atom stereocenters. The van der Waals surface area contributed by atoms with Crippen LogP contribution < -0.4 is 49.5 Å². The maximum atomic E-state index is 12.6. The number of rotatable bonds is 4. The van der Waals surface area contributed by atoms with E-state index in [1.165, 1.54) is 26.4 Å². The van der Waals surface area contributed by atoms with Crippen LogP contribution in [-0.2, 0) is 0 Å². The van der Waals surface area contributed by atoms with Crippen LogP contribution in [0.1, 0.15) is 10.4 Å². The maximum absolute atomic E-state index is 12.6. The van der Waals surface area contributed by atoms with Crippen molar-refractivity contribution in [2.24, 2.45) is 0 Å². The molecule has 3 aromatic rings. The Bertz CT molecular complexity index is 962. The Labute approximate surface area is 178 Å². The minimum atomic E-state index is -0.529. The van der Waals surface area contributed by atoms with Crippen LogP contribution in [-0.4, -0.2) is 20.1 Å². The molecule has 0 saturated heterocycles. The van der Waals surface area contributed by atoms with Gasteiger partial charge >= 0.3 is 29.6 Å². The largest absolute Gasteiger partial charge is 1.00 e. The summed E-state index contributed by atoms with van der Waals surface area (Å²) < 4.78 is 10.4. The van der Waals surface area contributed by atoms with Gasteiger partial charge in [0.2, 0.25) is 0 Å². The van der Waals surface area contributed by atoms with E-state index in [1.807, 2.05) is 24.3 Å². The Balaban J connectivity index is 0.00000243. The van der Waals surface area contributed by atoms with Gasteiger partial charge in [-0.25, -0.2) is 0 Å². The van der Waals surface area contributed by atoms with Gasteiger partial charge in [0, 0.05) is 17.7 Å². The number of fused-ring (bicyclic) bond motifs is 1. The molecule has 1 N–H and O–H groups in total. The molecule has 128 valence electrons. The second-order valence-corrected chi connectivity index (χ2v) is 5.74. The Hall–Kier alpha value is -1.92. The molecule has 3 rings (SSSR count). The number of halogens is 1. The van der Waals surface area contributed by atoms with Crippen LogP contribution in [0, 0.1) is 0 Å². The van der Waals surface area contributed by atoms with E-state index in [4.69, 9.17) is 21.1 Å². The Morgan fingerprint density at radius 1 is 1.00 bits per heavy atom. The van der Waals surface area contributed by atoms with Gasteiger partial charge in [-0.3, -0.25) is 4.79 Å². The first-order valence-electron chi connectivity index (χ1n) is 7.46. The SMILES string of the molecule is COc1cc(NC(=O)c2cc3ccccc3cc2[O-])c(OC)cc1Cl.[Na+]. The molecule has 0 aromatic heterocycles. The van der Waals surface area contributed by atoms with Gasteiger partial charge in [0.05, 0.1) is 24.9 Å². The fraction of sp³-hybridized carbons (Fsp3) is 0.105. The number of amides is 1. The van der Waals surface area contributed by atoms with Gasteiger partial charge in [0.25, 0.3) is 5.91 Å². The number of ether oxygens (including phenoxy) is 2. The van der Waals surface area contributed by atoms with Gasteiger partial charge in [0.15, 0.2) is 0 Å². The molecular formula is C19H15ClNNaO4. The molecule has 0 bridgehead atoms. The van der Waals surface area contributed by atoms with Crippen molar-refractivity contribution < 1.29 is 48.9 Å². The van der Waals surface area contributed by atoms with Crippen LogP contribution in [0.2, 0.25) is 5.02 Å². The third-order valence-corrected chi connectivity index (χ3v) is 4.11. The van der Waals surface area contributed by atoms with Crippen molar-refractivity contribution in [2.75, 3.05) is 19.5 Å². The van der Waals surface area contributed by atoms with E-state index in [-0.39, 0.29) is 40.9 Å². The van der Waals surface area contributed by atoms with Crippen molar-refractivity contribution in [3.8, 4) is 17.2 Å². The minimum Gasteiger partial charge on any atom is -0.872 e. The number of carbonyl (C=O) groups excluding carboxylic acids is 1. The van der Waals surface area contributed by atoms with E-state index < -0.39 is 5.91 Å². The van der Waals surface area contributed by atoms with Crippen molar-refractivity contribution in [1.29, 1.82) is 0 Å². The predicted octanol–water partition coefficient (Wildman–Crippen LogP) is 0.840. The van der Waals surface area contributed by atoms with Crippen molar-refractivity contribution in [3.63, 3.8) is 0 Å². The molecule has 5 nitrogen and oxygen atoms in total. The molecule has 0 spiro atoms. The number of benzene rings is 3. The van der Waals surface area contributed by atoms with Crippen LogP contribution >= 0.6 is 11.6 Å². The van der Waals surface area contributed by atoms with Crippen LogP contribution in [0.25, 0.3) is 10.8 Å². The van der Waals surface area contributed by atoms with Gasteiger partial charge in [-0.1, -0.05) is 47.7 Å². The summed E-state index contributed by atoms with van der Waals surface area (Å²) in [7, 11) is 2.93. The van der Waals surface area contributed by atoms with Crippen molar-refractivity contribution in [3.05, 3.63) is 59.1 Å². The summed E-state index contributed by atoms with van der Waals surface area (Å²) in [6.45, 7) is 0. The molecular weight excluding hydrogens is 365 g/mol. The first-order valence-corrected chi connectivity index (χ1v) is 7.84. The van der Waals surface area contributed by atoms with Crippen molar-refractivity contribution in [1.82, 2.24) is 0 Å². The molecule has 0 heterocycles. The molecule has 0 aliphatic carbocycles. The van der Waals surface area contributed by atoms with E-state index in [1.54, 1.807) is 12.1 Å². The quantitative estimate of drug-likeness (QED) is 0.682. The van der Waals surface area contributed by atoms with E-state index in [0.717, 1.165) is 10.8 Å². The van der Waals surface area contributed by atoms with Crippen LogP contribution in [0.4, 0.5) is 5.69 Å². The third kappa shape index (κ3) is 4.07. The molecule has 0 saturated carbocycles. The minimum absolute atomic E-state index is 0. The summed E-state index contributed by atoms with van der Waals surface area (Å²) in [5, 5.41) is 16.9. The van der Waals surface area contributed by atoms with E-state index >= 15 is 0 Å². The van der Waals surface area contributed by atoms with Gasteiger partial charge in [-0.15, -0.1) is 0 Å². The summed E-state index contributed by atoms with van der Waals surface area (Å²) in [5.41, 5.74) is 0.413. The van der Waals surface area contributed by atoms with Crippen LogP contribution in [0.5, 0.6) is 17.2 Å². The molecule has 0 atom stereocenters. The third-order valence-electron chi connectivity index (χ3n) is 3.81. The summed E-state index contributed by atoms with van der Waals surface area (Å²) >= 11 is 6.06. The molecule has 0 radical (unpaired) electrons. The van der Waals surface area contributed by atoms with Crippen LogP contribution in [0.15, 0.2) is 48.5 Å². The topological polar surface area (TPSA) is 70.6 Å². The average Bonchev–Trinajstić information content (AvgIpc) is 2.62. The summed E-state index contributed by atoms with van der Waals surface area (Å²) in [4.78, 5) is 12.6. The summed E-state index contributed by atoms with van der Waals surface area (Å²) in [6.07, 6.45) is 0. The second kappa shape index (κ2) is 8.64. The smallest absolute Gasteiger partial charge is 0.872 e. The predicted molar refractivity (Wildman–Crippen MR) is 95.9 cm³/mol. The Morgan fingerprint density at radius 3 is 2.23 bits per heavy atom. The number of hydrogen-bond donors (Lipinski definition) is 1. The van der Waals surface area contributed by atoms with Gasteiger partial charge in [0.1, 0.15) is 11.5 Å². The molecule has 3 aromatic carbocycles. The van der Waals surface area contributed by atoms with E-state index in [9.17, 15) is 9.90 Å². The molecule has 26 heavy (non-hydrogen) atoms. The van der Waals surface area contributed by atoms with Crippen molar-refractivity contribution >= 4 is 34.0 Å². The normalized spacial score (nSPS) is 10.1. The fourth-order valence-corrected chi connectivity index (χ4v) is 2.78. The molecule has 1 amide bonds. The molecule has 0 aliphatic heterocycles. The Kier molecular flexibility index (Phi) is 6.78. The number of nitrogens with one attached hydrogen (secondary N) is 1. The van der Waals surface area contributed by atoms with Gasteiger partial charge in [-0.2, -0.15) is 0 Å². The van der Waals surface area contributed by atoms with Gasteiger partial charge < -0.3 is 19.9 Å². The monoisotopic (exact) mass is 379 g/mol. The fourth-order valence-electron chi connectivity index (χ4n) is 2.54. The standard InChI is InChI=1S/C19H16ClNO4.Na/c1-24-17-10-15(18(25-2)9-14(17)20)21-19(23)13-7-11-5-3-4-6-12(11)8-16(13)22;/h3-10,22H,1-2H3,(H,21,23);/q;+1/p-1. The first-order chi connectivity index (χ1) is 12.0. The van der Waals surface area contributed by atoms with E-state index in [0.29, 0.717) is 22.2 Å². The zero-order valence-corrected chi connectivity index (χ0v) is 17.4.